The fraction of sp³-hybridized carbons (Fsp3) is 0.700. The summed E-state index contributed by atoms with van der Waals surface area (Å²) in [5, 5.41) is 4.63. The third kappa shape index (κ3) is 4.23. The average Bonchev–Trinajstić information content (AvgIpc) is 2.88. The Bertz CT molecular complexity index is 826. The lowest BCUT2D eigenvalue weighted by Crippen LogP contribution is -2.45. The fourth-order valence-electron chi connectivity index (χ4n) is 3.80. The van der Waals surface area contributed by atoms with E-state index in [4.69, 9.17) is 9.47 Å². The molecule has 0 aromatic carbocycles. The molecule has 0 saturated heterocycles. The molecule has 3 rings (SSSR count). The zero-order chi connectivity index (χ0) is 21.5. The van der Waals surface area contributed by atoms with Gasteiger partial charge in [-0.1, -0.05) is 0 Å². The third-order valence-electron chi connectivity index (χ3n) is 5.17. The zero-order valence-corrected chi connectivity index (χ0v) is 18.0. The minimum Gasteiger partial charge on any atom is -0.466 e. The molecule has 1 aromatic heterocycles. The van der Waals surface area contributed by atoms with E-state index in [1.165, 1.54) is 4.90 Å². The molecule has 2 atom stereocenters. The maximum Gasteiger partial charge on any atom is 0.410 e. The van der Waals surface area contributed by atoms with Crippen molar-refractivity contribution in [2.75, 3.05) is 20.2 Å². The number of esters is 1. The van der Waals surface area contributed by atoms with Gasteiger partial charge in [0.05, 0.1) is 31.3 Å². The molecule has 0 saturated carbocycles. The van der Waals surface area contributed by atoms with Crippen molar-refractivity contribution < 1.29 is 23.9 Å². The first-order valence-corrected chi connectivity index (χ1v) is 10.0. The van der Waals surface area contributed by atoms with Crippen molar-refractivity contribution in [3.8, 4) is 0 Å². The number of amides is 2. The number of carbonyl (C=O) groups is 3. The normalized spacial score (nSPS) is 21.9. The second-order valence-electron chi connectivity index (χ2n) is 8.75. The summed E-state index contributed by atoms with van der Waals surface area (Å²) in [6.07, 6.45) is 0.116. The molecule has 160 valence electrons. The Morgan fingerprint density at radius 3 is 2.55 bits per heavy atom. The summed E-state index contributed by atoms with van der Waals surface area (Å²) in [5.74, 6) is -1.02. The summed E-state index contributed by atoms with van der Waals surface area (Å²) >= 11 is 0. The standard InChI is InChI=1S/C20H30N4O5/c1-7-28-18(26)13-9-22(6)17(25)16-14-11-23(19(27)29-20(3,4)5)12(2)8-15(14)21-24(16)10-13/h12-13H,7-11H2,1-6H3/t12-,13?/m1/s1. The molecule has 0 N–H and O–H groups in total. The topological polar surface area (TPSA) is 94.0 Å². The molecule has 9 heteroatoms. The summed E-state index contributed by atoms with van der Waals surface area (Å²) in [6, 6.07) is -0.106. The molecule has 0 aliphatic carbocycles. The van der Waals surface area contributed by atoms with Gasteiger partial charge in [0, 0.05) is 31.6 Å². The van der Waals surface area contributed by atoms with Crippen LogP contribution in [-0.4, -0.2) is 69.4 Å². The monoisotopic (exact) mass is 406 g/mol. The molecule has 2 aliphatic heterocycles. The van der Waals surface area contributed by atoms with Gasteiger partial charge in [0.25, 0.3) is 5.91 Å². The smallest absolute Gasteiger partial charge is 0.410 e. The molecule has 0 radical (unpaired) electrons. The SMILES string of the molecule is CCOC(=O)C1CN(C)C(=O)c2c3c(nn2C1)C[C@@H](C)N(C(=O)OC(C)(C)C)C3. The number of hydrogen-bond acceptors (Lipinski definition) is 6. The number of rotatable bonds is 2. The van der Waals surface area contributed by atoms with Crippen molar-refractivity contribution >= 4 is 18.0 Å². The van der Waals surface area contributed by atoms with Crippen molar-refractivity contribution in [3.05, 3.63) is 17.0 Å². The van der Waals surface area contributed by atoms with E-state index in [-0.39, 0.29) is 44.2 Å². The molecule has 9 nitrogen and oxygen atoms in total. The van der Waals surface area contributed by atoms with E-state index < -0.39 is 17.6 Å². The molecule has 1 aromatic rings. The van der Waals surface area contributed by atoms with Gasteiger partial charge in [0.15, 0.2) is 0 Å². The Morgan fingerprint density at radius 2 is 1.93 bits per heavy atom. The highest BCUT2D eigenvalue weighted by Gasteiger charge is 2.39. The predicted octanol–water partition coefficient (Wildman–Crippen LogP) is 1.83. The van der Waals surface area contributed by atoms with Gasteiger partial charge in [0.2, 0.25) is 0 Å². The van der Waals surface area contributed by atoms with E-state index in [1.807, 2.05) is 27.7 Å². The average molecular weight is 406 g/mol. The molecule has 3 heterocycles. The molecule has 29 heavy (non-hydrogen) atoms. The number of nitrogens with zero attached hydrogens (tertiary/aromatic N) is 4. The third-order valence-corrected chi connectivity index (χ3v) is 5.17. The second-order valence-corrected chi connectivity index (χ2v) is 8.75. The maximum absolute atomic E-state index is 13.1. The van der Waals surface area contributed by atoms with E-state index in [2.05, 4.69) is 5.10 Å². The maximum atomic E-state index is 13.1. The lowest BCUT2D eigenvalue weighted by Gasteiger charge is -2.34. The van der Waals surface area contributed by atoms with Gasteiger partial charge in [-0.15, -0.1) is 0 Å². The van der Waals surface area contributed by atoms with Crippen molar-refractivity contribution in [2.24, 2.45) is 5.92 Å². The number of ether oxygens (including phenoxy) is 2. The minimum atomic E-state index is -0.601. The summed E-state index contributed by atoms with van der Waals surface area (Å²) in [5.41, 5.74) is 1.36. The van der Waals surface area contributed by atoms with Crippen molar-refractivity contribution in [2.45, 2.75) is 65.8 Å². The first kappa shape index (κ1) is 21.1. The van der Waals surface area contributed by atoms with Crippen molar-refractivity contribution in [1.29, 1.82) is 0 Å². The van der Waals surface area contributed by atoms with Crippen LogP contribution in [0.1, 0.15) is 56.4 Å². The molecule has 0 bridgehead atoms. The lowest BCUT2D eigenvalue weighted by atomic mass is 9.99. The van der Waals surface area contributed by atoms with Crippen molar-refractivity contribution in [3.63, 3.8) is 0 Å². The highest BCUT2D eigenvalue weighted by Crippen LogP contribution is 2.30. The van der Waals surface area contributed by atoms with E-state index >= 15 is 0 Å². The highest BCUT2D eigenvalue weighted by molar-refractivity contribution is 5.95. The quantitative estimate of drug-likeness (QED) is 0.696. The van der Waals surface area contributed by atoms with Crippen LogP contribution in [0.25, 0.3) is 0 Å². The Balaban J connectivity index is 1.93. The number of aromatic nitrogens is 2. The van der Waals surface area contributed by atoms with Gasteiger partial charge in [0.1, 0.15) is 11.3 Å². The largest absolute Gasteiger partial charge is 0.466 e. The summed E-state index contributed by atoms with van der Waals surface area (Å²) in [7, 11) is 1.67. The lowest BCUT2D eigenvalue weighted by molar-refractivity contribution is -0.148. The molecule has 0 fully saturated rings. The van der Waals surface area contributed by atoms with Gasteiger partial charge < -0.3 is 19.3 Å². The van der Waals surface area contributed by atoms with E-state index in [9.17, 15) is 14.4 Å². The van der Waals surface area contributed by atoms with E-state index in [0.717, 1.165) is 11.3 Å². The Morgan fingerprint density at radius 1 is 1.24 bits per heavy atom. The van der Waals surface area contributed by atoms with Crippen LogP contribution >= 0.6 is 0 Å². The Kier molecular flexibility index (Phi) is 5.60. The van der Waals surface area contributed by atoms with Crippen LogP contribution in [0.2, 0.25) is 0 Å². The second kappa shape index (κ2) is 7.68. The van der Waals surface area contributed by atoms with Crippen LogP contribution in [0.15, 0.2) is 0 Å². The predicted molar refractivity (Wildman–Crippen MR) is 104 cm³/mol. The van der Waals surface area contributed by atoms with Crippen LogP contribution in [-0.2, 0) is 33.8 Å². The van der Waals surface area contributed by atoms with Crippen LogP contribution in [0.5, 0.6) is 0 Å². The van der Waals surface area contributed by atoms with Gasteiger partial charge in [-0.3, -0.25) is 14.3 Å². The number of fused-ring (bicyclic) bond motifs is 3. The molecule has 2 amide bonds. The minimum absolute atomic E-state index is 0.106. The van der Waals surface area contributed by atoms with Gasteiger partial charge in [-0.2, -0.15) is 5.10 Å². The number of hydrogen-bond donors (Lipinski definition) is 0. The first-order valence-electron chi connectivity index (χ1n) is 10.0. The molecular weight excluding hydrogens is 376 g/mol. The van der Waals surface area contributed by atoms with Crippen LogP contribution in [0.4, 0.5) is 4.79 Å². The first-order chi connectivity index (χ1) is 13.5. The molecule has 0 spiro atoms. The summed E-state index contributed by atoms with van der Waals surface area (Å²) in [4.78, 5) is 41.2. The van der Waals surface area contributed by atoms with Crippen LogP contribution in [0, 0.1) is 5.92 Å². The van der Waals surface area contributed by atoms with Gasteiger partial charge in [-0.25, -0.2) is 4.79 Å². The highest BCUT2D eigenvalue weighted by atomic mass is 16.6. The van der Waals surface area contributed by atoms with E-state index in [0.29, 0.717) is 12.1 Å². The fourth-order valence-corrected chi connectivity index (χ4v) is 3.80. The molecular formula is C20H30N4O5. The molecule has 2 aliphatic rings. The van der Waals surface area contributed by atoms with Gasteiger partial charge in [-0.05, 0) is 34.6 Å². The Labute approximate surface area is 170 Å². The number of carbonyl (C=O) groups excluding carboxylic acids is 3. The van der Waals surface area contributed by atoms with Crippen LogP contribution < -0.4 is 0 Å². The zero-order valence-electron chi connectivity index (χ0n) is 18.0. The van der Waals surface area contributed by atoms with Crippen LogP contribution in [0.3, 0.4) is 0 Å². The van der Waals surface area contributed by atoms with Crippen molar-refractivity contribution in [1.82, 2.24) is 19.6 Å². The van der Waals surface area contributed by atoms with E-state index in [1.54, 1.807) is 23.6 Å². The summed E-state index contributed by atoms with van der Waals surface area (Å²) in [6.45, 7) is 10.3. The summed E-state index contributed by atoms with van der Waals surface area (Å²) < 4.78 is 12.3. The Hall–Kier alpha value is -2.58. The van der Waals surface area contributed by atoms with Gasteiger partial charge >= 0.3 is 12.1 Å². The molecule has 1 unspecified atom stereocenters.